The van der Waals surface area contributed by atoms with Crippen LogP contribution in [0.15, 0.2) is 23.4 Å². The Hall–Kier alpha value is -1.27. The number of nitrogens with two attached hydrogens (primary N) is 1. The van der Waals surface area contributed by atoms with Crippen LogP contribution in [-0.4, -0.2) is 29.1 Å². The van der Waals surface area contributed by atoms with Crippen LogP contribution in [0.2, 0.25) is 0 Å². The van der Waals surface area contributed by atoms with E-state index >= 15 is 0 Å². The summed E-state index contributed by atoms with van der Waals surface area (Å²) in [6, 6.07) is 5.20. The fourth-order valence-corrected chi connectivity index (χ4v) is 2.24. The average Bonchev–Trinajstić information content (AvgIpc) is 2.43. The van der Waals surface area contributed by atoms with Gasteiger partial charge in [0.05, 0.1) is 5.56 Å². The Labute approximate surface area is 117 Å². The van der Waals surface area contributed by atoms with Crippen LogP contribution in [0.3, 0.4) is 0 Å². The minimum Gasteiger partial charge on any atom is -0.409 e. The van der Waals surface area contributed by atoms with Gasteiger partial charge in [-0.15, -0.1) is 0 Å². The van der Waals surface area contributed by atoms with Gasteiger partial charge in [0.1, 0.15) is 5.82 Å². The second-order valence-corrected chi connectivity index (χ2v) is 5.31. The Bertz CT molecular complexity index is 440. The lowest BCUT2D eigenvalue weighted by molar-refractivity contribution is 0.318. The number of hydrogen-bond donors (Lipinski definition) is 3. The van der Waals surface area contributed by atoms with Gasteiger partial charge in [0.15, 0.2) is 5.84 Å². The lowest BCUT2D eigenvalue weighted by atomic mass is 10.1. The molecule has 1 atom stereocenters. The Kier molecular flexibility index (Phi) is 6.66. The highest BCUT2D eigenvalue weighted by Gasteiger charge is 2.12. The first-order valence-corrected chi connectivity index (χ1v) is 7.47. The molecule has 6 heteroatoms. The minimum absolute atomic E-state index is 0.124. The van der Waals surface area contributed by atoms with E-state index in [1.54, 1.807) is 23.9 Å². The van der Waals surface area contributed by atoms with Gasteiger partial charge in [-0.2, -0.15) is 11.8 Å². The largest absolute Gasteiger partial charge is 0.409 e. The lowest BCUT2D eigenvalue weighted by Crippen LogP contribution is -2.27. The zero-order valence-corrected chi connectivity index (χ0v) is 12.0. The molecular formula is C13H20FN3OS. The monoisotopic (exact) mass is 285 g/mol. The first-order valence-electron chi connectivity index (χ1n) is 6.07. The maximum Gasteiger partial charge on any atom is 0.173 e. The predicted molar refractivity (Wildman–Crippen MR) is 78.2 cm³/mol. The molecule has 0 fully saturated rings. The predicted octanol–water partition coefficient (Wildman–Crippen LogP) is 2.15. The van der Waals surface area contributed by atoms with Gasteiger partial charge in [-0.1, -0.05) is 17.3 Å². The van der Waals surface area contributed by atoms with E-state index in [9.17, 15) is 4.39 Å². The van der Waals surface area contributed by atoms with E-state index in [4.69, 9.17) is 10.9 Å². The first-order chi connectivity index (χ1) is 9.10. The highest BCUT2D eigenvalue weighted by atomic mass is 32.2. The molecule has 0 aliphatic rings. The summed E-state index contributed by atoms with van der Waals surface area (Å²) in [5.74, 6) is 0.415. The van der Waals surface area contributed by atoms with Gasteiger partial charge in [0.25, 0.3) is 0 Å². The molecule has 19 heavy (non-hydrogen) atoms. The molecule has 0 aliphatic heterocycles. The van der Waals surface area contributed by atoms with Crippen molar-refractivity contribution in [3.63, 3.8) is 0 Å². The van der Waals surface area contributed by atoms with Crippen LogP contribution in [0.5, 0.6) is 0 Å². The zero-order valence-electron chi connectivity index (χ0n) is 11.2. The van der Waals surface area contributed by atoms with Crippen molar-refractivity contribution in [2.45, 2.75) is 25.9 Å². The van der Waals surface area contributed by atoms with E-state index in [2.05, 4.69) is 23.7 Å². The van der Waals surface area contributed by atoms with Crippen molar-refractivity contribution in [2.24, 2.45) is 10.9 Å². The van der Waals surface area contributed by atoms with Crippen molar-refractivity contribution < 1.29 is 9.60 Å². The van der Waals surface area contributed by atoms with Crippen molar-refractivity contribution >= 4 is 17.6 Å². The quantitative estimate of drug-likeness (QED) is 0.311. The molecule has 1 aromatic rings. The normalized spacial score (nSPS) is 13.5. The third-order valence-corrected chi connectivity index (χ3v) is 3.50. The number of halogens is 1. The van der Waals surface area contributed by atoms with Crippen LogP contribution >= 0.6 is 11.8 Å². The second kappa shape index (κ2) is 8.01. The van der Waals surface area contributed by atoms with Crippen molar-refractivity contribution in [1.29, 1.82) is 0 Å². The molecule has 0 saturated carbocycles. The van der Waals surface area contributed by atoms with Crippen LogP contribution in [0.4, 0.5) is 4.39 Å². The summed E-state index contributed by atoms with van der Waals surface area (Å²) in [6.45, 7) is 2.50. The average molecular weight is 285 g/mol. The Balaban J connectivity index is 2.69. The van der Waals surface area contributed by atoms with Crippen LogP contribution < -0.4 is 11.1 Å². The Morgan fingerprint density at radius 2 is 2.32 bits per heavy atom. The minimum atomic E-state index is -0.442. The highest BCUT2D eigenvalue weighted by Crippen LogP contribution is 2.13. The van der Waals surface area contributed by atoms with Crippen molar-refractivity contribution in [1.82, 2.24) is 5.32 Å². The smallest absolute Gasteiger partial charge is 0.173 e. The number of nitrogens with one attached hydrogen (secondary N) is 1. The number of benzene rings is 1. The number of hydrogen-bond acceptors (Lipinski definition) is 4. The van der Waals surface area contributed by atoms with E-state index in [1.165, 1.54) is 6.07 Å². The molecule has 0 spiro atoms. The van der Waals surface area contributed by atoms with E-state index in [0.717, 1.165) is 12.2 Å². The van der Waals surface area contributed by atoms with Crippen LogP contribution in [0.1, 0.15) is 24.5 Å². The molecule has 0 saturated heterocycles. The Morgan fingerprint density at radius 3 is 2.95 bits per heavy atom. The molecule has 0 aromatic heterocycles. The summed E-state index contributed by atoms with van der Waals surface area (Å²) in [5.41, 5.74) is 6.06. The van der Waals surface area contributed by atoms with Gasteiger partial charge in [0.2, 0.25) is 0 Å². The fourth-order valence-electron chi connectivity index (χ4n) is 1.65. The summed E-state index contributed by atoms with van der Waals surface area (Å²) >= 11 is 1.79. The maximum atomic E-state index is 14.1. The zero-order chi connectivity index (χ0) is 14.3. The first kappa shape index (κ1) is 15.8. The molecule has 0 amide bonds. The van der Waals surface area contributed by atoms with E-state index < -0.39 is 5.82 Å². The van der Waals surface area contributed by atoms with Gasteiger partial charge in [-0.25, -0.2) is 4.39 Å². The van der Waals surface area contributed by atoms with Gasteiger partial charge in [-0.05, 0) is 31.4 Å². The van der Waals surface area contributed by atoms with E-state index in [-0.39, 0.29) is 11.4 Å². The van der Waals surface area contributed by atoms with E-state index in [0.29, 0.717) is 18.2 Å². The number of oxime groups is 1. The topological polar surface area (TPSA) is 70.6 Å². The van der Waals surface area contributed by atoms with Gasteiger partial charge >= 0.3 is 0 Å². The molecule has 1 unspecified atom stereocenters. The van der Waals surface area contributed by atoms with Gasteiger partial charge < -0.3 is 16.3 Å². The molecule has 1 rings (SSSR count). The van der Waals surface area contributed by atoms with Crippen LogP contribution in [-0.2, 0) is 6.54 Å². The molecule has 106 valence electrons. The van der Waals surface area contributed by atoms with Crippen LogP contribution in [0.25, 0.3) is 0 Å². The standard InChI is InChI=1S/C13H20FN3OS/c1-9(6-7-19-2)16-8-10-4-3-5-11(12(10)14)13(15)17-18/h3-5,9,16,18H,6-8H2,1-2H3,(H2,15,17). The van der Waals surface area contributed by atoms with Gasteiger partial charge in [-0.3, -0.25) is 0 Å². The summed E-state index contributed by atoms with van der Waals surface area (Å²) in [6.07, 6.45) is 3.09. The SMILES string of the molecule is CSCCC(C)NCc1cccc(/C(N)=N/O)c1F. The van der Waals surface area contributed by atoms with Gasteiger partial charge in [0, 0.05) is 18.2 Å². The lowest BCUT2D eigenvalue weighted by Gasteiger charge is -2.14. The second-order valence-electron chi connectivity index (χ2n) is 4.33. The summed E-state index contributed by atoms with van der Waals surface area (Å²) in [7, 11) is 0. The van der Waals surface area contributed by atoms with Crippen molar-refractivity contribution in [3.8, 4) is 0 Å². The molecule has 1 aromatic carbocycles. The molecule has 4 N–H and O–H groups in total. The molecule has 0 radical (unpaired) electrons. The van der Waals surface area contributed by atoms with Crippen LogP contribution in [0, 0.1) is 5.82 Å². The number of amidine groups is 1. The number of nitrogens with zero attached hydrogens (tertiary/aromatic N) is 1. The maximum absolute atomic E-state index is 14.1. The van der Waals surface area contributed by atoms with E-state index in [1.807, 2.05) is 0 Å². The fraction of sp³-hybridized carbons (Fsp3) is 0.462. The number of thioether (sulfide) groups is 1. The van der Waals surface area contributed by atoms with Crippen molar-refractivity contribution in [3.05, 3.63) is 35.1 Å². The van der Waals surface area contributed by atoms with Crippen molar-refractivity contribution in [2.75, 3.05) is 12.0 Å². The highest BCUT2D eigenvalue weighted by molar-refractivity contribution is 7.98. The molecule has 0 heterocycles. The summed E-state index contributed by atoms with van der Waals surface area (Å²) < 4.78 is 14.1. The number of rotatable bonds is 7. The molecular weight excluding hydrogens is 265 g/mol. The molecule has 4 nitrogen and oxygen atoms in total. The third kappa shape index (κ3) is 4.72. The summed E-state index contributed by atoms with van der Waals surface area (Å²) in [5, 5.41) is 14.7. The molecule has 0 bridgehead atoms. The third-order valence-electron chi connectivity index (χ3n) is 2.86. The Morgan fingerprint density at radius 1 is 1.58 bits per heavy atom. The summed E-state index contributed by atoms with van der Waals surface area (Å²) in [4.78, 5) is 0. The molecule has 0 aliphatic carbocycles.